The van der Waals surface area contributed by atoms with Crippen LogP contribution in [-0.2, 0) is 11.2 Å². The van der Waals surface area contributed by atoms with Gasteiger partial charge in [0.1, 0.15) is 5.75 Å². The average Bonchev–Trinajstić information content (AvgIpc) is 2.36. The molecule has 96 valence electrons. The smallest absolute Gasteiger partial charge is 0.377 e. The second kappa shape index (κ2) is 4.68. The molecule has 1 heterocycles. The minimum absolute atomic E-state index is 0.124. The van der Waals surface area contributed by atoms with Crippen LogP contribution < -0.4 is 9.64 Å². The molecule has 0 spiro atoms. The Morgan fingerprint density at radius 2 is 2.11 bits per heavy atom. The van der Waals surface area contributed by atoms with Gasteiger partial charge < -0.3 is 14.7 Å². The van der Waals surface area contributed by atoms with E-state index in [9.17, 15) is 9.59 Å². The molecule has 1 aliphatic rings. The largest absolute Gasteiger partial charge is 0.496 e. The van der Waals surface area contributed by atoms with E-state index in [1.165, 1.54) is 13.2 Å². The van der Waals surface area contributed by atoms with Crippen molar-refractivity contribution in [2.24, 2.45) is 0 Å². The van der Waals surface area contributed by atoms with Gasteiger partial charge in [0, 0.05) is 24.8 Å². The molecular weight excluding hydrogens is 234 g/mol. The second-order valence-electron chi connectivity index (χ2n) is 4.30. The first-order chi connectivity index (χ1) is 8.56. The Bertz CT molecular complexity index is 510. The normalized spacial score (nSPS) is 14.0. The lowest BCUT2D eigenvalue weighted by molar-refractivity contribution is -0.131. The zero-order valence-corrected chi connectivity index (χ0v) is 10.4. The van der Waals surface area contributed by atoms with Crippen molar-refractivity contribution in [3.63, 3.8) is 0 Å². The third-order valence-corrected chi connectivity index (χ3v) is 3.21. The second-order valence-corrected chi connectivity index (χ2v) is 4.30. The van der Waals surface area contributed by atoms with E-state index in [2.05, 4.69) is 4.90 Å². The number of rotatable bonds is 3. The standard InChI is InChI=1S/C13H15NO4/c1-14-7-3-4-8-10(14)6-5-9(12(8)18-2)11(15)13(16)17/h5-6H,3-4,7H2,1-2H3,(H,16,17). The number of methoxy groups -OCH3 is 1. The van der Waals surface area contributed by atoms with E-state index >= 15 is 0 Å². The van der Waals surface area contributed by atoms with Crippen molar-refractivity contribution in [3.05, 3.63) is 23.3 Å². The first kappa shape index (κ1) is 12.4. The maximum absolute atomic E-state index is 11.6. The lowest BCUT2D eigenvalue weighted by Gasteiger charge is -2.29. The van der Waals surface area contributed by atoms with Crippen molar-refractivity contribution in [2.75, 3.05) is 25.6 Å². The van der Waals surface area contributed by atoms with Crippen LogP contribution in [0, 0.1) is 0 Å². The Morgan fingerprint density at radius 1 is 1.39 bits per heavy atom. The highest BCUT2D eigenvalue weighted by Crippen LogP contribution is 2.36. The molecular formula is C13H15NO4. The van der Waals surface area contributed by atoms with Crippen LogP contribution in [0.3, 0.4) is 0 Å². The van der Waals surface area contributed by atoms with Crippen molar-refractivity contribution in [2.45, 2.75) is 12.8 Å². The highest BCUT2D eigenvalue weighted by atomic mass is 16.5. The fraction of sp³-hybridized carbons (Fsp3) is 0.385. The van der Waals surface area contributed by atoms with Gasteiger partial charge in [0.25, 0.3) is 5.78 Å². The molecule has 0 aliphatic carbocycles. The minimum Gasteiger partial charge on any atom is -0.496 e. The Morgan fingerprint density at radius 3 is 2.72 bits per heavy atom. The number of carbonyl (C=O) groups is 2. The number of benzene rings is 1. The molecule has 1 aromatic rings. The van der Waals surface area contributed by atoms with Crippen molar-refractivity contribution in [1.29, 1.82) is 0 Å². The lowest BCUT2D eigenvalue weighted by atomic mass is 9.96. The summed E-state index contributed by atoms with van der Waals surface area (Å²) in [7, 11) is 3.43. The molecule has 0 saturated carbocycles. The van der Waals surface area contributed by atoms with Crippen molar-refractivity contribution in [1.82, 2.24) is 0 Å². The van der Waals surface area contributed by atoms with Gasteiger partial charge in [0.2, 0.25) is 0 Å². The van der Waals surface area contributed by atoms with Gasteiger partial charge in [-0.25, -0.2) is 4.79 Å². The number of Topliss-reactive ketones (excluding diaryl/α,β-unsaturated/α-hetero) is 1. The summed E-state index contributed by atoms with van der Waals surface area (Å²) < 4.78 is 5.25. The Kier molecular flexibility index (Phi) is 3.23. The quantitative estimate of drug-likeness (QED) is 0.647. The lowest BCUT2D eigenvalue weighted by Crippen LogP contribution is -2.26. The van der Waals surface area contributed by atoms with Gasteiger partial charge >= 0.3 is 5.97 Å². The van der Waals surface area contributed by atoms with Gasteiger partial charge in [-0.05, 0) is 25.0 Å². The fourth-order valence-electron chi connectivity index (χ4n) is 2.36. The van der Waals surface area contributed by atoms with Crippen LogP contribution >= 0.6 is 0 Å². The molecule has 5 heteroatoms. The predicted molar refractivity (Wildman–Crippen MR) is 66.6 cm³/mol. The average molecular weight is 249 g/mol. The van der Waals surface area contributed by atoms with Crippen LogP contribution in [0.5, 0.6) is 5.75 Å². The first-order valence-corrected chi connectivity index (χ1v) is 5.75. The van der Waals surface area contributed by atoms with Gasteiger partial charge in [0.15, 0.2) is 0 Å². The number of carboxylic acid groups (broad SMARTS) is 1. The summed E-state index contributed by atoms with van der Waals surface area (Å²) in [6.07, 6.45) is 1.76. The molecule has 0 radical (unpaired) electrons. The van der Waals surface area contributed by atoms with Crippen LogP contribution in [0.25, 0.3) is 0 Å². The number of carboxylic acids is 1. The number of aliphatic carboxylic acids is 1. The summed E-state index contributed by atoms with van der Waals surface area (Å²) in [6, 6.07) is 3.31. The summed E-state index contributed by atoms with van der Waals surface area (Å²) in [5.41, 5.74) is 2.04. The highest BCUT2D eigenvalue weighted by molar-refractivity contribution is 6.40. The zero-order valence-electron chi connectivity index (χ0n) is 10.4. The third kappa shape index (κ3) is 1.92. The number of anilines is 1. The van der Waals surface area contributed by atoms with E-state index in [0.29, 0.717) is 5.75 Å². The van der Waals surface area contributed by atoms with Gasteiger partial charge in [-0.2, -0.15) is 0 Å². The van der Waals surface area contributed by atoms with Crippen LogP contribution in [0.1, 0.15) is 22.3 Å². The molecule has 1 aliphatic heterocycles. The van der Waals surface area contributed by atoms with E-state index in [4.69, 9.17) is 9.84 Å². The van der Waals surface area contributed by atoms with Gasteiger partial charge in [-0.15, -0.1) is 0 Å². The molecule has 18 heavy (non-hydrogen) atoms. The van der Waals surface area contributed by atoms with Crippen molar-refractivity contribution < 1.29 is 19.4 Å². The summed E-state index contributed by atoms with van der Waals surface area (Å²) in [5.74, 6) is -1.99. The van der Waals surface area contributed by atoms with Gasteiger partial charge in [-0.1, -0.05) is 0 Å². The molecule has 5 nitrogen and oxygen atoms in total. The molecule has 2 rings (SSSR count). The molecule has 0 saturated heterocycles. The summed E-state index contributed by atoms with van der Waals surface area (Å²) in [4.78, 5) is 24.5. The van der Waals surface area contributed by atoms with Crippen LogP contribution in [0.4, 0.5) is 5.69 Å². The maximum atomic E-state index is 11.6. The molecule has 0 amide bonds. The van der Waals surface area contributed by atoms with Gasteiger partial charge in [0.05, 0.1) is 12.7 Å². The maximum Gasteiger partial charge on any atom is 0.377 e. The predicted octanol–water partition coefficient (Wildman–Crippen LogP) is 1.34. The Balaban J connectivity index is 2.58. The molecule has 1 N–H and O–H groups in total. The monoisotopic (exact) mass is 249 g/mol. The molecule has 0 bridgehead atoms. The topological polar surface area (TPSA) is 66.8 Å². The van der Waals surface area contributed by atoms with E-state index in [0.717, 1.165) is 30.6 Å². The Labute approximate surface area is 105 Å². The summed E-state index contributed by atoms with van der Waals surface area (Å²) >= 11 is 0. The molecule has 0 aromatic heterocycles. The number of fused-ring (bicyclic) bond motifs is 1. The first-order valence-electron chi connectivity index (χ1n) is 5.75. The number of nitrogens with zero attached hydrogens (tertiary/aromatic N) is 1. The Hall–Kier alpha value is -2.04. The number of ether oxygens (including phenoxy) is 1. The SMILES string of the molecule is COc1c(C(=O)C(=O)O)ccc2c1CCCN2C. The summed E-state index contributed by atoms with van der Waals surface area (Å²) in [6.45, 7) is 0.947. The highest BCUT2D eigenvalue weighted by Gasteiger charge is 2.25. The molecule has 0 unspecified atom stereocenters. The number of hydrogen-bond donors (Lipinski definition) is 1. The van der Waals surface area contributed by atoms with E-state index in [-0.39, 0.29) is 5.56 Å². The summed E-state index contributed by atoms with van der Waals surface area (Å²) in [5, 5.41) is 8.80. The van der Waals surface area contributed by atoms with E-state index < -0.39 is 11.8 Å². The molecule has 0 fully saturated rings. The third-order valence-electron chi connectivity index (χ3n) is 3.21. The van der Waals surface area contributed by atoms with Crippen LogP contribution in [0.2, 0.25) is 0 Å². The van der Waals surface area contributed by atoms with Crippen LogP contribution in [-0.4, -0.2) is 37.6 Å². The van der Waals surface area contributed by atoms with Crippen molar-refractivity contribution in [3.8, 4) is 5.75 Å². The number of hydrogen-bond acceptors (Lipinski definition) is 4. The van der Waals surface area contributed by atoms with Crippen LogP contribution in [0.15, 0.2) is 12.1 Å². The van der Waals surface area contributed by atoms with E-state index in [1.807, 2.05) is 7.05 Å². The van der Waals surface area contributed by atoms with Gasteiger partial charge in [-0.3, -0.25) is 4.79 Å². The minimum atomic E-state index is -1.46. The fourth-order valence-corrected chi connectivity index (χ4v) is 2.36. The molecule has 1 aromatic carbocycles. The zero-order chi connectivity index (χ0) is 13.3. The molecule has 0 atom stereocenters. The van der Waals surface area contributed by atoms with Crippen molar-refractivity contribution >= 4 is 17.4 Å². The number of carbonyl (C=O) groups excluding carboxylic acids is 1. The van der Waals surface area contributed by atoms with E-state index in [1.54, 1.807) is 6.07 Å². The number of ketones is 1.